The lowest BCUT2D eigenvalue weighted by atomic mass is 10.3. The van der Waals surface area contributed by atoms with Crippen LogP contribution in [0.3, 0.4) is 0 Å². The zero-order valence-corrected chi connectivity index (χ0v) is 16.8. The zero-order valence-electron chi connectivity index (χ0n) is 15.2. The van der Waals surface area contributed by atoms with Gasteiger partial charge in [-0.3, -0.25) is 0 Å². The topological polar surface area (TPSA) is 85.5 Å². The van der Waals surface area contributed by atoms with Crippen molar-refractivity contribution in [3.05, 3.63) is 70.8 Å². The van der Waals surface area contributed by atoms with Gasteiger partial charge < -0.3 is 9.26 Å². The minimum Gasteiger partial charge on any atom is -0.484 e. The normalized spacial score (nSPS) is 11.8. The molecule has 0 radical (unpaired) electrons. The van der Waals surface area contributed by atoms with Crippen LogP contribution >= 0.6 is 11.6 Å². The third-order valence-electron chi connectivity index (χ3n) is 3.92. The Morgan fingerprint density at radius 3 is 2.59 bits per heavy atom. The van der Waals surface area contributed by atoms with Gasteiger partial charge >= 0.3 is 0 Å². The van der Waals surface area contributed by atoms with E-state index in [0.29, 0.717) is 16.8 Å². The van der Waals surface area contributed by atoms with Crippen LogP contribution in [0.15, 0.2) is 51.9 Å². The van der Waals surface area contributed by atoms with Gasteiger partial charge in [-0.05, 0) is 36.4 Å². The van der Waals surface area contributed by atoms with E-state index in [-0.39, 0.29) is 31.3 Å². The van der Waals surface area contributed by atoms with E-state index in [1.807, 2.05) is 0 Å². The summed E-state index contributed by atoms with van der Waals surface area (Å²) in [6.45, 7) is -0.000272. The third-order valence-corrected chi connectivity index (χ3v) is 6.06. The summed E-state index contributed by atoms with van der Waals surface area (Å²) in [5.74, 6) is -0.963. The van der Waals surface area contributed by atoms with Gasteiger partial charge in [-0.15, -0.1) is 0 Å². The Balaban J connectivity index is 1.57. The Labute approximate surface area is 170 Å². The predicted molar refractivity (Wildman–Crippen MR) is 100.0 cm³/mol. The molecule has 1 heterocycles. The van der Waals surface area contributed by atoms with E-state index < -0.39 is 26.6 Å². The van der Waals surface area contributed by atoms with Gasteiger partial charge in [0.25, 0.3) is 5.89 Å². The third kappa shape index (κ3) is 5.28. The summed E-state index contributed by atoms with van der Waals surface area (Å²) in [4.78, 5) is 3.52. The fraction of sp³-hybridized carbons (Fsp3) is 0.222. The first-order valence-corrected chi connectivity index (χ1v) is 10.2. The van der Waals surface area contributed by atoms with Crippen molar-refractivity contribution >= 4 is 21.6 Å². The average molecular weight is 444 g/mol. The molecular formula is C18H16ClF2N3O4S. The van der Waals surface area contributed by atoms with Crippen molar-refractivity contribution in [1.82, 2.24) is 14.4 Å². The summed E-state index contributed by atoms with van der Waals surface area (Å²) in [6, 6.07) is 9.02. The molecule has 0 amide bonds. The SMILES string of the molecule is CN(CCc1noc(COc2ccc(Cl)cc2)n1)S(=O)(=O)c1ccc(F)cc1F. The molecule has 11 heteroatoms. The second-order valence-corrected chi connectivity index (χ2v) is 8.45. The van der Waals surface area contributed by atoms with E-state index in [4.69, 9.17) is 20.9 Å². The number of aromatic nitrogens is 2. The van der Waals surface area contributed by atoms with Crippen molar-refractivity contribution in [2.75, 3.05) is 13.6 Å². The number of sulfonamides is 1. The number of ether oxygens (including phenoxy) is 1. The first kappa shape index (κ1) is 21.2. The van der Waals surface area contributed by atoms with Crippen LogP contribution in [-0.2, 0) is 23.1 Å². The number of likely N-dealkylation sites (N-methyl/N-ethyl adjacent to an activating group) is 1. The van der Waals surface area contributed by atoms with Crippen LogP contribution in [0.1, 0.15) is 11.7 Å². The van der Waals surface area contributed by atoms with Crippen LogP contribution < -0.4 is 4.74 Å². The number of hydrogen-bond acceptors (Lipinski definition) is 6. The molecule has 0 unspecified atom stereocenters. The van der Waals surface area contributed by atoms with Crippen molar-refractivity contribution in [1.29, 1.82) is 0 Å². The number of hydrogen-bond donors (Lipinski definition) is 0. The highest BCUT2D eigenvalue weighted by Gasteiger charge is 2.25. The van der Waals surface area contributed by atoms with Crippen LogP contribution in [0, 0.1) is 11.6 Å². The van der Waals surface area contributed by atoms with Crippen LogP contribution in [0.2, 0.25) is 5.02 Å². The van der Waals surface area contributed by atoms with Gasteiger partial charge in [0.15, 0.2) is 12.4 Å². The molecule has 3 rings (SSSR count). The molecule has 0 atom stereocenters. The van der Waals surface area contributed by atoms with E-state index in [0.717, 1.165) is 16.4 Å². The molecule has 3 aromatic rings. The number of rotatable bonds is 8. The quantitative estimate of drug-likeness (QED) is 0.530. The second kappa shape index (κ2) is 8.85. The summed E-state index contributed by atoms with van der Waals surface area (Å²) in [6.07, 6.45) is 0.128. The molecule has 0 aliphatic rings. The molecule has 0 aliphatic heterocycles. The maximum Gasteiger partial charge on any atom is 0.264 e. The number of halogens is 3. The van der Waals surface area contributed by atoms with Gasteiger partial charge in [-0.25, -0.2) is 21.5 Å². The fourth-order valence-corrected chi connectivity index (χ4v) is 3.69. The summed E-state index contributed by atoms with van der Waals surface area (Å²) >= 11 is 5.80. The maximum absolute atomic E-state index is 13.8. The Hall–Kier alpha value is -2.56. The molecule has 0 N–H and O–H groups in total. The first-order valence-electron chi connectivity index (χ1n) is 8.37. The van der Waals surface area contributed by atoms with Gasteiger partial charge in [0.1, 0.15) is 22.3 Å². The Morgan fingerprint density at radius 2 is 1.90 bits per heavy atom. The van der Waals surface area contributed by atoms with E-state index in [9.17, 15) is 17.2 Å². The minimum absolute atomic E-state index is 0.0313. The summed E-state index contributed by atoms with van der Waals surface area (Å²) in [7, 11) is -2.85. The lowest BCUT2D eigenvalue weighted by molar-refractivity contribution is 0.242. The summed E-state index contributed by atoms with van der Waals surface area (Å²) < 4.78 is 63.2. The van der Waals surface area contributed by atoms with Gasteiger partial charge in [-0.1, -0.05) is 16.8 Å². The van der Waals surface area contributed by atoms with Gasteiger partial charge in [-0.2, -0.15) is 4.98 Å². The van der Waals surface area contributed by atoms with Crippen molar-refractivity contribution in [2.24, 2.45) is 0 Å². The maximum atomic E-state index is 13.8. The molecule has 0 fully saturated rings. The summed E-state index contributed by atoms with van der Waals surface area (Å²) in [5.41, 5.74) is 0. The van der Waals surface area contributed by atoms with E-state index in [1.165, 1.54) is 7.05 Å². The van der Waals surface area contributed by atoms with Gasteiger partial charge in [0, 0.05) is 31.1 Å². The highest BCUT2D eigenvalue weighted by Crippen LogP contribution is 2.20. The monoisotopic (exact) mass is 443 g/mol. The van der Waals surface area contributed by atoms with E-state index >= 15 is 0 Å². The molecule has 154 valence electrons. The highest BCUT2D eigenvalue weighted by molar-refractivity contribution is 7.89. The van der Waals surface area contributed by atoms with Crippen LogP contribution in [0.5, 0.6) is 5.75 Å². The molecule has 0 saturated carbocycles. The molecule has 0 bridgehead atoms. The smallest absolute Gasteiger partial charge is 0.264 e. The van der Waals surface area contributed by atoms with Crippen LogP contribution in [0.25, 0.3) is 0 Å². The molecule has 0 aliphatic carbocycles. The number of benzene rings is 2. The molecule has 29 heavy (non-hydrogen) atoms. The van der Waals surface area contributed by atoms with Crippen molar-refractivity contribution < 1.29 is 26.5 Å². The molecule has 1 aromatic heterocycles. The lowest BCUT2D eigenvalue weighted by Crippen LogP contribution is -2.30. The zero-order chi connectivity index (χ0) is 21.0. The molecule has 0 saturated heterocycles. The number of nitrogens with zero attached hydrogens (tertiary/aromatic N) is 3. The minimum atomic E-state index is -4.13. The van der Waals surface area contributed by atoms with Crippen molar-refractivity contribution in [2.45, 2.75) is 17.9 Å². The van der Waals surface area contributed by atoms with Crippen molar-refractivity contribution in [3.8, 4) is 5.75 Å². The second-order valence-electron chi connectivity index (χ2n) is 6.00. The standard InChI is InChI=1S/C18H16ClF2N3O4S/c1-24(29(25,26)16-7-4-13(20)10-15(16)21)9-8-17-22-18(28-23-17)11-27-14-5-2-12(19)3-6-14/h2-7,10H,8-9,11H2,1H3. The molecular weight excluding hydrogens is 428 g/mol. The van der Waals surface area contributed by atoms with Gasteiger partial charge in [0.2, 0.25) is 10.0 Å². The Kier molecular flexibility index (Phi) is 6.46. The fourth-order valence-electron chi connectivity index (χ4n) is 2.36. The predicted octanol–water partition coefficient (Wildman–Crippen LogP) is 3.44. The van der Waals surface area contributed by atoms with Crippen LogP contribution in [-0.4, -0.2) is 36.5 Å². The molecule has 7 nitrogen and oxygen atoms in total. The first-order chi connectivity index (χ1) is 13.8. The van der Waals surface area contributed by atoms with Gasteiger partial charge in [0.05, 0.1) is 0 Å². The Morgan fingerprint density at radius 1 is 1.17 bits per heavy atom. The Bertz CT molecular complexity index is 1090. The van der Waals surface area contributed by atoms with Crippen LogP contribution in [0.4, 0.5) is 8.78 Å². The highest BCUT2D eigenvalue weighted by atomic mass is 35.5. The average Bonchev–Trinajstić information content (AvgIpc) is 3.13. The lowest BCUT2D eigenvalue weighted by Gasteiger charge is -2.16. The molecule has 2 aromatic carbocycles. The summed E-state index contributed by atoms with van der Waals surface area (Å²) in [5, 5.41) is 4.35. The van der Waals surface area contributed by atoms with Crippen molar-refractivity contribution in [3.63, 3.8) is 0 Å². The molecule has 0 spiro atoms. The van der Waals surface area contributed by atoms with E-state index in [1.54, 1.807) is 24.3 Å². The largest absolute Gasteiger partial charge is 0.484 e. The van der Waals surface area contributed by atoms with E-state index in [2.05, 4.69) is 10.1 Å².